The maximum Gasteiger partial charge on any atom is 0.305 e. The average molecular weight is 667 g/mol. The molecule has 1 aromatic carbocycles. The van der Waals surface area contributed by atoms with Gasteiger partial charge in [-0.3, -0.25) is 4.79 Å². The molecule has 0 aliphatic carbocycles. The van der Waals surface area contributed by atoms with Gasteiger partial charge in [0.15, 0.2) is 0 Å². The lowest BCUT2D eigenvalue weighted by atomic mass is 10.0. The Morgan fingerprint density at radius 1 is 0.756 bits per heavy atom. The molecule has 1 aromatic heterocycles. The summed E-state index contributed by atoms with van der Waals surface area (Å²) in [5.41, 5.74) is 2.46. The van der Waals surface area contributed by atoms with Gasteiger partial charge < -0.3 is 14.2 Å². The summed E-state index contributed by atoms with van der Waals surface area (Å²) in [5, 5.41) is 0. The fraction of sp³-hybridized carbons (Fsp3) is 0.789. The lowest BCUT2D eigenvalue weighted by Gasteiger charge is -2.29. The highest BCUT2D eigenvalue weighted by Crippen LogP contribution is 2.28. The zero-order chi connectivity index (χ0) is 32.7. The van der Waals surface area contributed by atoms with E-state index in [0.717, 1.165) is 48.2 Å². The molecule has 0 radical (unpaired) electrons. The van der Waals surface area contributed by atoms with Crippen LogP contribution in [0.1, 0.15) is 168 Å². The van der Waals surface area contributed by atoms with Crippen molar-refractivity contribution in [3.05, 3.63) is 24.0 Å². The minimum absolute atomic E-state index is 0.100. The van der Waals surface area contributed by atoms with Gasteiger partial charge in [0, 0.05) is 25.6 Å². The monoisotopic (exact) mass is 665 g/mol. The first-order valence-corrected chi connectivity index (χ1v) is 19.4. The Balaban J connectivity index is 1.42. The number of hydrogen-bond acceptors (Lipinski definition) is 4. The van der Waals surface area contributed by atoms with Crippen molar-refractivity contribution in [3.8, 4) is 0 Å². The Bertz CT molecular complexity index is 1030. The van der Waals surface area contributed by atoms with E-state index in [0.29, 0.717) is 13.0 Å². The van der Waals surface area contributed by atoms with Crippen molar-refractivity contribution >= 4 is 45.9 Å². The molecular formula is C38H65Cl2N3O2. The minimum Gasteiger partial charge on any atom is -0.466 e. The number of ether oxygens (including phenoxy) is 1. The summed E-state index contributed by atoms with van der Waals surface area (Å²) in [7, 11) is 2.02. The molecular weight excluding hydrogens is 601 g/mol. The predicted molar refractivity (Wildman–Crippen MR) is 196 cm³/mol. The number of fused-ring (bicyclic) bond motifs is 1. The van der Waals surface area contributed by atoms with Crippen molar-refractivity contribution < 1.29 is 9.53 Å². The molecule has 0 saturated heterocycles. The SMILES string of the molecule is CCCCCCCCCCCCCCCCCCCCCCOC(=O)CCCc1nc2cc(N(C(C)Cl)C(C)Cl)ccc2n1C. The van der Waals surface area contributed by atoms with E-state index in [1.54, 1.807) is 0 Å². The van der Waals surface area contributed by atoms with E-state index in [1.165, 1.54) is 116 Å². The molecule has 5 nitrogen and oxygen atoms in total. The molecule has 0 saturated carbocycles. The van der Waals surface area contributed by atoms with Crippen LogP contribution >= 0.6 is 23.2 Å². The van der Waals surface area contributed by atoms with E-state index < -0.39 is 0 Å². The number of hydrogen-bond donors (Lipinski definition) is 0. The van der Waals surface area contributed by atoms with E-state index in [-0.39, 0.29) is 17.0 Å². The van der Waals surface area contributed by atoms with Gasteiger partial charge in [-0.2, -0.15) is 0 Å². The average Bonchev–Trinajstić information content (AvgIpc) is 3.31. The van der Waals surface area contributed by atoms with Crippen LogP contribution in [0.5, 0.6) is 0 Å². The van der Waals surface area contributed by atoms with Crippen LogP contribution in [0.3, 0.4) is 0 Å². The molecule has 0 fully saturated rings. The lowest BCUT2D eigenvalue weighted by molar-refractivity contribution is -0.143. The van der Waals surface area contributed by atoms with Crippen molar-refractivity contribution in [1.82, 2.24) is 9.55 Å². The predicted octanol–water partition coefficient (Wildman–Crippen LogP) is 12.2. The molecule has 2 rings (SSSR count). The van der Waals surface area contributed by atoms with Crippen LogP contribution in [0.2, 0.25) is 0 Å². The number of benzene rings is 1. The first kappa shape index (κ1) is 39.7. The highest BCUT2D eigenvalue weighted by Gasteiger charge is 2.19. The fourth-order valence-electron chi connectivity index (χ4n) is 6.32. The molecule has 2 aromatic rings. The van der Waals surface area contributed by atoms with Gasteiger partial charge in [-0.25, -0.2) is 4.98 Å². The smallest absolute Gasteiger partial charge is 0.305 e. The topological polar surface area (TPSA) is 47.4 Å². The van der Waals surface area contributed by atoms with Crippen LogP contribution in [-0.4, -0.2) is 33.1 Å². The van der Waals surface area contributed by atoms with E-state index in [4.69, 9.17) is 32.9 Å². The van der Waals surface area contributed by atoms with Crippen molar-refractivity contribution in [2.24, 2.45) is 7.05 Å². The number of nitrogens with zero attached hydrogens (tertiary/aromatic N) is 3. The molecule has 2 unspecified atom stereocenters. The summed E-state index contributed by atoms with van der Waals surface area (Å²) in [4.78, 5) is 19.0. The first-order chi connectivity index (χ1) is 21.8. The Labute approximate surface area is 286 Å². The molecule has 0 aliphatic heterocycles. The quantitative estimate of drug-likeness (QED) is 0.0392. The van der Waals surface area contributed by atoms with Crippen molar-refractivity contribution in [3.63, 3.8) is 0 Å². The summed E-state index contributed by atoms with van der Waals surface area (Å²) in [6.07, 6.45) is 29.3. The zero-order valence-electron chi connectivity index (χ0n) is 29.3. The number of alkyl halides is 2. The maximum atomic E-state index is 12.3. The van der Waals surface area contributed by atoms with E-state index >= 15 is 0 Å². The Hall–Kier alpha value is -1.46. The van der Waals surface area contributed by atoms with Crippen LogP contribution in [0.25, 0.3) is 11.0 Å². The molecule has 258 valence electrons. The first-order valence-electron chi connectivity index (χ1n) is 18.5. The van der Waals surface area contributed by atoms with Gasteiger partial charge in [-0.1, -0.05) is 152 Å². The number of unbranched alkanes of at least 4 members (excludes halogenated alkanes) is 19. The second kappa shape index (κ2) is 24.7. The Morgan fingerprint density at radius 2 is 1.22 bits per heavy atom. The number of aromatic nitrogens is 2. The summed E-state index contributed by atoms with van der Waals surface area (Å²) in [6, 6.07) is 6.12. The molecule has 45 heavy (non-hydrogen) atoms. The summed E-state index contributed by atoms with van der Waals surface area (Å²) in [6.45, 7) is 6.66. The summed E-state index contributed by atoms with van der Waals surface area (Å²) in [5.74, 6) is 0.866. The second-order valence-corrected chi connectivity index (χ2v) is 14.4. The van der Waals surface area contributed by atoms with Gasteiger partial charge in [-0.05, 0) is 44.9 Å². The third kappa shape index (κ3) is 16.8. The highest BCUT2D eigenvalue weighted by atomic mass is 35.5. The van der Waals surface area contributed by atoms with Crippen LogP contribution in [0.15, 0.2) is 18.2 Å². The summed E-state index contributed by atoms with van der Waals surface area (Å²) < 4.78 is 7.60. The Kier molecular flexibility index (Phi) is 21.8. The van der Waals surface area contributed by atoms with E-state index in [9.17, 15) is 4.79 Å². The van der Waals surface area contributed by atoms with E-state index in [2.05, 4.69) is 17.6 Å². The van der Waals surface area contributed by atoms with Gasteiger partial charge in [-0.15, -0.1) is 0 Å². The largest absolute Gasteiger partial charge is 0.466 e. The second-order valence-electron chi connectivity index (χ2n) is 13.1. The standard InChI is InChI=1S/C38H65Cl2N3O2/c1-5-6-7-8-9-10-11-12-13-14-15-16-17-18-19-20-21-22-23-24-30-45-38(44)27-25-26-37-41-35-31-34(28-29-36(35)42(37)4)43(32(2)39)33(3)40/h28-29,31-33H,5-27,30H2,1-4H3. The van der Waals surface area contributed by atoms with Gasteiger partial charge >= 0.3 is 5.97 Å². The van der Waals surface area contributed by atoms with Gasteiger partial charge in [0.1, 0.15) is 16.8 Å². The zero-order valence-corrected chi connectivity index (χ0v) is 30.8. The lowest BCUT2D eigenvalue weighted by Crippen LogP contribution is -2.34. The molecule has 0 amide bonds. The third-order valence-electron chi connectivity index (χ3n) is 9.06. The van der Waals surface area contributed by atoms with Crippen LogP contribution in [0, 0.1) is 0 Å². The number of anilines is 1. The van der Waals surface area contributed by atoms with Crippen LogP contribution in [0.4, 0.5) is 5.69 Å². The minimum atomic E-state index is -0.229. The molecule has 0 aliphatic rings. The number of carbonyl (C=O) groups excluding carboxylic acids is 1. The number of rotatable bonds is 28. The maximum absolute atomic E-state index is 12.3. The van der Waals surface area contributed by atoms with Crippen LogP contribution < -0.4 is 4.90 Å². The van der Waals surface area contributed by atoms with Crippen LogP contribution in [-0.2, 0) is 23.0 Å². The number of imidazole rings is 1. The van der Waals surface area contributed by atoms with Crippen molar-refractivity contribution in [2.45, 2.75) is 179 Å². The molecule has 0 N–H and O–H groups in total. The van der Waals surface area contributed by atoms with E-state index in [1.807, 2.05) is 37.9 Å². The molecule has 0 bridgehead atoms. The van der Waals surface area contributed by atoms with Gasteiger partial charge in [0.05, 0.1) is 17.6 Å². The van der Waals surface area contributed by atoms with Gasteiger partial charge in [0.2, 0.25) is 0 Å². The van der Waals surface area contributed by atoms with Crippen molar-refractivity contribution in [1.29, 1.82) is 0 Å². The normalized spacial score (nSPS) is 12.9. The van der Waals surface area contributed by atoms with Crippen molar-refractivity contribution in [2.75, 3.05) is 11.5 Å². The van der Waals surface area contributed by atoms with Gasteiger partial charge in [0.25, 0.3) is 0 Å². The number of carbonyl (C=O) groups is 1. The third-order valence-corrected chi connectivity index (χ3v) is 9.48. The number of aryl methyl sites for hydroxylation is 2. The molecule has 0 spiro atoms. The molecule has 2 atom stereocenters. The number of esters is 1. The molecule has 7 heteroatoms. The highest BCUT2D eigenvalue weighted by molar-refractivity contribution is 6.25. The molecule has 1 heterocycles. The number of halogens is 2. The Morgan fingerprint density at radius 3 is 1.69 bits per heavy atom. The summed E-state index contributed by atoms with van der Waals surface area (Å²) >= 11 is 12.7. The fourth-order valence-corrected chi connectivity index (χ4v) is 6.94.